The van der Waals surface area contributed by atoms with Crippen molar-refractivity contribution in [1.29, 1.82) is 0 Å². The zero-order valence-electron chi connectivity index (χ0n) is 15.0. The third kappa shape index (κ3) is 3.79. The molecular formula is C19H17Br3N2O5. The average Bonchev–Trinajstić information content (AvgIpc) is 3.29. The second-order valence-electron chi connectivity index (χ2n) is 7.48. The smallest absolute Gasteiger partial charge is 0.326 e. The topological polar surface area (TPSA) is 92.8 Å². The van der Waals surface area contributed by atoms with Crippen LogP contribution in [0.25, 0.3) is 0 Å². The number of amides is 3. The third-order valence-corrected chi connectivity index (χ3v) is 9.59. The Balaban J connectivity index is 1.31. The van der Waals surface area contributed by atoms with E-state index >= 15 is 0 Å². The second-order valence-corrected chi connectivity index (χ2v) is 10.5. The maximum atomic E-state index is 12.8. The standard InChI is InChI=1S/C19H17Br3N2O5/c20-8-1-3-9(4-2-8)23-12(25)7-29-13(26)6-24-18(27)14-10-5-11(15(14)19(24)28)17(22)16(10)21/h1-4,10-11,14-17H,5-7H2,(H,23,25)/t10-,11-,14-,15+,16-,17+/m1/s1. The van der Waals surface area contributed by atoms with Gasteiger partial charge in [0.25, 0.3) is 5.91 Å². The lowest BCUT2D eigenvalue weighted by Crippen LogP contribution is -2.38. The van der Waals surface area contributed by atoms with Gasteiger partial charge < -0.3 is 10.1 Å². The van der Waals surface area contributed by atoms with Crippen molar-refractivity contribution in [1.82, 2.24) is 4.90 Å². The van der Waals surface area contributed by atoms with Gasteiger partial charge in [0.05, 0.1) is 11.8 Å². The van der Waals surface area contributed by atoms with E-state index in [1.165, 1.54) is 0 Å². The molecule has 0 unspecified atom stereocenters. The van der Waals surface area contributed by atoms with Gasteiger partial charge in [-0.05, 0) is 42.5 Å². The zero-order valence-corrected chi connectivity index (χ0v) is 19.8. The lowest BCUT2D eigenvalue weighted by Gasteiger charge is -2.28. The first-order chi connectivity index (χ1) is 13.8. The number of alkyl halides is 2. The first-order valence-corrected chi connectivity index (χ1v) is 11.7. The Labute approximate surface area is 192 Å². The molecule has 10 heteroatoms. The van der Waals surface area contributed by atoms with Crippen LogP contribution in [0.3, 0.4) is 0 Å². The van der Waals surface area contributed by atoms with Crippen LogP contribution in [0.15, 0.2) is 28.7 Å². The molecule has 1 heterocycles. The predicted molar refractivity (Wildman–Crippen MR) is 114 cm³/mol. The summed E-state index contributed by atoms with van der Waals surface area (Å²) in [4.78, 5) is 50.9. The Hall–Kier alpha value is -1.26. The molecule has 3 fully saturated rings. The van der Waals surface area contributed by atoms with Crippen molar-refractivity contribution in [2.24, 2.45) is 23.7 Å². The molecule has 2 aliphatic carbocycles. The van der Waals surface area contributed by atoms with Crippen LogP contribution in [0, 0.1) is 23.7 Å². The molecule has 6 atom stereocenters. The van der Waals surface area contributed by atoms with E-state index in [1.807, 2.05) is 0 Å². The largest absolute Gasteiger partial charge is 0.454 e. The van der Waals surface area contributed by atoms with Crippen molar-refractivity contribution in [2.75, 3.05) is 18.5 Å². The van der Waals surface area contributed by atoms with Crippen molar-refractivity contribution < 1.29 is 23.9 Å². The van der Waals surface area contributed by atoms with Gasteiger partial charge in [0.2, 0.25) is 11.8 Å². The fraction of sp³-hybridized carbons (Fsp3) is 0.474. The number of fused-ring (bicyclic) bond motifs is 5. The number of esters is 1. The number of halogens is 3. The first-order valence-electron chi connectivity index (χ1n) is 9.12. The van der Waals surface area contributed by atoms with Crippen LogP contribution >= 0.6 is 47.8 Å². The first kappa shape index (κ1) is 21.0. The lowest BCUT2D eigenvalue weighted by atomic mass is 9.81. The van der Waals surface area contributed by atoms with Crippen LogP contribution in [-0.4, -0.2) is 51.4 Å². The average molecular weight is 593 g/mol. The van der Waals surface area contributed by atoms with Gasteiger partial charge in [0.15, 0.2) is 6.61 Å². The summed E-state index contributed by atoms with van der Waals surface area (Å²) in [7, 11) is 0. The second kappa shape index (κ2) is 8.11. The number of hydrogen-bond acceptors (Lipinski definition) is 5. The van der Waals surface area contributed by atoms with Crippen molar-refractivity contribution in [2.45, 2.75) is 16.1 Å². The number of rotatable bonds is 5. The normalized spacial score (nSPS) is 32.4. The summed E-state index contributed by atoms with van der Waals surface area (Å²) in [6, 6.07) is 6.94. The number of carbonyl (C=O) groups is 4. The van der Waals surface area contributed by atoms with Crippen LogP contribution in [0.1, 0.15) is 6.42 Å². The minimum atomic E-state index is -0.782. The van der Waals surface area contributed by atoms with E-state index in [9.17, 15) is 19.2 Å². The van der Waals surface area contributed by atoms with Gasteiger partial charge in [-0.2, -0.15) is 0 Å². The van der Waals surface area contributed by atoms with E-state index in [0.717, 1.165) is 15.8 Å². The summed E-state index contributed by atoms with van der Waals surface area (Å²) in [6.45, 7) is -0.953. The van der Waals surface area contributed by atoms with Crippen LogP contribution in [-0.2, 0) is 23.9 Å². The van der Waals surface area contributed by atoms with E-state index < -0.39 is 25.0 Å². The van der Waals surface area contributed by atoms with Crippen molar-refractivity contribution in [3.8, 4) is 0 Å². The summed E-state index contributed by atoms with van der Waals surface area (Å²) in [5.74, 6) is -2.49. The van der Waals surface area contributed by atoms with Gasteiger partial charge in [-0.3, -0.25) is 24.1 Å². The molecule has 7 nitrogen and oxygen atoms in total. The van der Waals surface area contributed by atoms with Crippen LogP contribution < -0.4 is 5.32 Å². The molecule has 0 aromatic heterocycles. The summed E-state index contributed by atoms with van der Waals surface area (Å²) in [6.07, 6.45) is 0.827. The van der Waals surface area contributed by atoms with Crippen LogP contribution in [0.2, 0.25) is 0 Å². The molecule has 1 aliphatic heterocycles. The number of imide groups is 1. The number of carbonyl (C=O) groups excluding carboxylic acids is 4. The molecule has 0 radical (unpaired) electrons. The minimum absolute atomic E-state index is 0.0866. The Bertz CT molecular complexity index is 845. The Morgan fingerprint density at radius 1 is 1.03 bits per heavy atom. The molecule has 2 bridgehead atoms. The molecule has 3 amide bonds. The van der Waals surface area contributed by atoms with Crippen LogP contribution in [0.4, 0.5) is 5.69 Å². The Kier molecular flexibility index (Phi) is 5.87. The molecule has 29 heavy (non-hydrogen) atoms. The number of benzene rings is 1. The Morgan fingerprint density at radius 3 is 2.14 bits per heavy atom. The highest BCUT2D eigenvalue weighted by atomic mass is 79.9. The van der Waals surface area contributed by atoms with Crippen molar-refractivity contribution in [3.63, 3.8) is 0 Å². The number of nitrogens with zero attached hydrogens (tertiary/aromatic N) is 1. The van der Waals surface area contributed by atoms with E-state index in [-0.39, 0.29) is 45.1 Å². The van der Waals surface area contributed by atoms with Gasteiger partial charge in [-0.1, -0.05) is 47.8 Å². The SMILES string of the molecule is O=C(COC(=O)CN1C(=O)[C@@H]2[C@H]3C[C@@H]([C@H](Br)[C@@H]3Br)[C@@H]2C1=O)Nc1ccc(Br)cc1. The maximum Gasteiger partial charge on any atom is 0.326 e. The number of nitrogens with one attached hydrogen (secondary N) is 1. The fourth-order valence-corrected chi connectivity index (χ4v) is 6.76. The number of hydrogen-bond donors (Lipinski definition) is 1. The number of likely N-dealkylation sites (tertiary alicyclic amines) is 1. The third-order valence-electron chi connectivity index (χ3n) is 5.86. The highest BCUT2D eigenvalue weighted by molar-refractivity contribution is 9.12. The van der Waals surface area contributed by atoms with E-state index in [0.29, 0.717) is 5.69 Å². The summed E-state index contributed by atoms with van der Waals surface area (Å²) < 4.78 is 5.84. The molecule has 1 N–H and O–H groups in total. The highest BCUT2D eigenvalue weighted by Gasteiger charge is 2.66. The van der Waals surface area contributed by atoms with Crippen LogP contribution in [0.5, 0.6) is 0 Å². The Morgan fingerprint density at radius 2 is 1.59 bits per heavy atom. The highest BCUT2D eigenvalue weighted by Crippen LogP contribution is 2.60. The van der Waals surface area contributed by atoms with Gasteiger partial charge in [-0.15, -0.1) is 0 Å². The molecular weight excluding hydrogens is 576 g/mol. The fourth-order valence-electron chi connectivity index (χ4n) is 4.62. The number of ether oxygens (including phenoxy) is 1. The van der Waals surface area contributed by atoms with Crippen molar-refractivity contribution >= 4 is 77.2 Å². The predicted octanol–water partition coefficient (Wildman–Crippen LogP) is 2.71. The van der Waals surface area contributed by atoms with Gasteiger partial charge in [-0.25, -0.2) is 0 Å². The van der Waals surface area contributed by atoms with E-state index in [1.54, 1.807) is 24.3 Å². The molecule has 3 aliphatic rings. The summed E-state index contributed by atoms with van der Waals surface area (Å²) in [5.41, 5.74) is 0.566. The van der Waals surface area contributed by atoms with Gasteiger partial charge in [0.1, 0.15) is 6.54 Å². The molecule has 1 aromatic carbocycles. The van der Waals surface area contributed by atoms with Crippen molar-refractivity contribution in [3.05, 3.63) is 28.7 Å². The minimum Gasteiger partial charge on any atom is -0.454 e. The number of anilines is 1. The molecule has 0 spiro atoms. The molecule has 2 saturated carbocycles. The van der Waals surface area contributed by atoms with E-state index in [2.05, 4.69) is 53.1 Å². The monoisotopic (exact) mass is 590 g/mol. The molecule has 1 saturated heterocycles. The quantitative estimate of drug-likeness (QED) is 0.323. The van der Waals surface area contributed by atoms with Gasteiger partial charge in [0, 0.05) is 19.8 Å². The summed E-state index contributed by atoms with van der Waals surface area (Å²) >= 11 is 10.5. The lowest BCUT2D eigenvalue weighted by molar-refractivity contribution is -0.154. The van der Waals surface area contributed by atoms with Gasteiger partial charge >= 0.3 is 5.97 Å². The zero-order chi connectivity index (χ0) is 20.9. The van der Waals surface area contributed by atoms with E-state index in [4.69, 9.17) is 4.74 Å². The molecule has 154 valence electrons. The molecule has 4 rings (SSSR count). The summed E-state index contributed by atoms with van der Waals surface area (Å²) in [5, 5.41) is 2.60. The molecule has 1 aromatic rings. The maximum absolute atomic E-state index is 12.8.